The summed E-state index contributed by atoms with van der Waals surface area (Å²) >= 11 is 2.91. The normalized spacial score (nSPS) is 12.2. The van der Waals surface area contributed by atoms with Crippen molar-refractivity contribution in [2.24, 2.45) is 0 Å². The maximum Gasteiger partial charge on any atom is 0.255 e. The molecule has 1 heterocycles. The smallest absolute Gasteiger partial charge is 0.255 e. The fourth-order valence-corrected chi connectivity index (χ4v) is 5.86. The van der Waals surface area contributed by atoms with Crippen LogP contribution in [0.15, 0.2) is 71.1 Å². The van der Waals surface area contributed by atoms with Gasteiger partial charge >= 0.3 is 0 Å². The van der Waals surface area contributed by atoms with E-state index in [4.69, 9.17) is 4.74 Å². The molecule has 0 fully saturated rings. The number of nitrogens with one attached hydrogen (secondary N) is 2. The van der Waals surface area contributed by atoms with Crippen molar-refractivity contribution in [3.05, 3.63) is 77.9 Å². The van der Waals surface area contributed by atoms with Crippen molar-refractivity contribution in [2.75, 3.05) is 17.2 Å². The Bertz CT molecular complexity index is 1390. The average Bonchev–Trinajstić information content (AvgIpc) is 3.26. The lowest BCUT2D eigenvalue weighted by Gasteiger charge is -2.19. The van der Waals surface area contributed by atoms with Crippen LogP contribution >= 0.6 is 23.1 Å². The molecule has 0 saturated carbocycles. The molecular weight excluding hydrogens is 502 g/mol. The minimum Gasteiger partial charge on any atom is -0.494 e. The monoisotopic (exact) mass is 533 g/mol. The van der Waals surface area contributed by atoms with Gasteiger partial charge in [0.05, 0.1) is 22.1 Å². The summed E-state index contributed by atoms with van der Waals surface area (Å²) in [5.41, 5.74) is 4.09. The lowest BCUT2D eigenvalue weighted by molar-refractivity contribution is -0.115. The van der Waals surface area contributed by atoms with Crippen LogP contribution in [0.2, 0.25) is 0 Å². The second kappa shape index (κ2) is 11.4. The molecule has 0 aliphatic heterocycles. The Morgan fingerprint density at radius 1 is 0.973 bits per heavy atom. The molecule has 3 aromatic carbocycles. The number of carbonyl (C=O) groups excluding carboxylic acids is 2. The van der Waals surface area contributed by atoms with E-state index in [2.05, 4.69) is 36.4 Å². The Balaban J connectivity index is 1.38. The molecule has 0 saturated heterocycles. The minimum absolute atomic E-state index is 0.0371. The van der Waals surface area contributed by atoms with E-state index in [9.17, 15) is 9.59 Å². The molecule has 1 aromatic heterocycles. The number of anilines is 2. The van der Waals surface area contributed by atoms with Crippen LogP contribution in [-0.4, -0.2) is 28.7 Å². The molecule has 0 aliphatic carbocycles. The predicted octanol–water partition coefficient (Wildman–Crippen LogP) is 7.36. The van der Waals surface area contributed by atoms with Gasteiger partial charge in [0.15, 0.2) is 4.34 Å². The molecule has 8 heteroatoms. The van der Waals surface area contributed by atoms with Crippen molar-refractivity contribution in [2.45, 2.75) is 49.6 Å². The third kappa shape index (κ3) is 6.90. The van der Waals surface area contributed by atoms with E-state index in [0.717, 1.165) is 26.0 Å². The highest BCUT2D eigenvalue weighted by molar-refractivity contribution is 8.02. The second-order valence-corrected chi connectivity index (χ2v) is 12.3. The van der Waals surface area contributed by atoms with Crippen molar-refractivity contribution in [3.8, 4) is 5.75 Å². The zero-order valence-electron chi connectivity index (χ0n) is 21.6. The highest BCUT2D eigenvalue weighted by atomic mass is 32.2. The van der Waals surface area contributed by atoms with Crippen molar-refractivity contribution >= 4 is 56.5 Å². The number of carbonyl (C=O) groups is 2. The molecular formula is C29H31N3O3S2. The fraction of sp³-hybridized carbons (Fsp3) is 0.276. The molecule has 0 bridgehead atoms. The Labute approximate surface area is 225 Å². The number of amides is 2. The Kier molecular flexibility index (Phi) is 8.19. The topological polar surface area (TPSA) is 80.3 Å². The van der Waals surface area contributed by atoms with E-state index in [1.54, 1.807) is 0 Å². The molecule has 4 rings (SSSR count). The number of thiazole rings is 1. The number of benzene rings is 3. The van der Waals surface area contributed by atoms with Crippen molar-refractivity contribution in [1.29, 1.82) is 0 Å². The summed E-state index contributed by atoms with van der Waals surface area (Å²) < 4.78 is 7.19. The maximum atomic E-state index is 12.8. The SMILES string of the molecule is CCOc1ccc(NC(=O)C(C)Sc2nc3ccc(NC(=O)c4ccc(C(C)(C)C)cc4)cc3s2)cc1. The lowest BCUT2D eigenvalue weighted by Crippen LogP contribution is -2.22. The van der Waals surface area contributed by atoms with Crippen LogP contribution in [0.25, 0.3) is 10.2 Å². The standard InChI is InChI=1S/C29H31N3O3S2/c1-6-35-23-14-11-21(12-15-23)30-26(33)18(2)36-28-32-24-16-13-22(17-25(24)37-28)31-27(34)19-7-9-20(10-8-19)29(3,4)5/h7-18H,6H2,1-5H3,(H,30,33)(H,31,34). The fourth-order valence-electron chi connectivity index (χ4n) is 3.61. The largest absolute Gasteiger partial charge is 0.494 e. The number of hydrogen-bond acceptors (Lipinski definition) is 6. The number of thioether (sulfide) groups is 1. The predicted molar refractivity (Wildman–Crippen MR) is 154 cm³/mol. The summed E-state index contributed by atoms with van der Waals surface area (Å²) in [6, 6.07) is 20.7. The number of fused-ring (bicyclic) bond motifs is 1. The zero-order valence-corrected chi connectivity index (χ0v) is 23.3. The van der Waals surface area contributed by atoms with Gasteiger partial charge in [0, 0.05) is 16.9 Å². The average molecular weight is 534 g/mol. The summed E-state index contributed by atoms with van der Waals surface area (Å²) in [5.74, 6) is 0.517. The van der Waals surface area contributed by atoms with Gasteiger partial charge in [-0.1, -0.05) is 44.7 Å². The van der Waals surface area contributed by atoms with E-state index in [0.29, 0.717) is 17.9 Å². The molecule has 1 atom stereocenters. The summed E-state index contributed by atoms with van der Waals surface area (Å²) in [7, 11) is 0. The van der Waals surface area contributed by atoms with Crippen molar-refractivity contribution in [3.63, 3.8) is 0 Å². The summed E-state index contributed by atoms with van der Waals surface area (Å²) in [4.78, 5) is 30.1. The van der Waals surface area contributed by atoms with E-state index in [1.165, 1.54) is 28.7 Å². The van der Waals surface area contributed by atoms with Crippen molar-refractivity contribution in [1.82, 2.24) is 4.98 Å². The molecule has 4 aromatic rings. The van der Waals surface area contributed by atoms with Crippen LogP contribution in [0.5, 0.6) is 5.75 Å². The van der Waals surface area contributed by atoms with E-state index >= 15 is 0 Å². The first-order chi connectivity index (χ1) is 17.6. The van der Waals surface area contributed by atoms with Gasteiger partial charge in [-0.3, -0.25) is 9.59 Å². The van der Waals surface area contributed by atoms with E-state index < -0.39 is 0 Å². The molecule has 1 unspecified atom stereocenters. The van der Waals surface area contributed by atoms with E-state index in [1.807, 2.05) is 80.6 Å². The second-order valence-electron chi connectivity index (χ2n) is 9.65. The van der Waals surface area contributed by atoms with Crippen LogP contribution in [0.4, 0.5) is 11.4 Å². The number of aromatic nitrogens is 1. The van der Waals surface area contributed by atoms with Gasteiger partial charge in [-0.25, -0.2) is 4.98 Å². The third-order valence-corrected chi connectivity index (χ3v) is 7.93. The highest BCUT2D eigenvalue weighted by Gasteiger charge is 2.18. The number of hydrogen-bond donors (Lipinski definition) is 2. The molecule has 2 N–H and O–H groups in total. The first-order valence-electron chi connectivity index (χ1n) is 12.2. The number of nitrogens with zero attached hydrogens (tertiary/aromatic N) is 1. The van der Waals surface area contributed by atoms with E-state index in [-0.39, 0.29) is 22.5 Å². The van der Waals surface area contributed by atoms with Gasteiger partial charge in [-0.2, -0.15) is 0 Å². The maximum absolute atomic E-state index is 12.8. The summed E-state index contributed by atoms with van der Waals surface area (Å²) in [5, 5.41) is 5.58. The van der Waals surface area contributed by atoms with Gasteiger partial charge in [-0.15, -0.1) is 11.3 Å². The molecule has 192 valence electrons. The van der Waals surface area contributed by atoms with Gasteiger partial charge in [0.25, 0.3) is 5.91 Å². The summed E-state index contributed by atoms with van der Waals surface area (Å²) in [6.45, 7) is 10.8. The molecule has 37 heavy (non-hydrogen) atoms. The lowest BCUT2D eigenvalue weighted by atomic mass is 9.87. The first-order valence-corrected chi connectivity index (χ1v) is 13.8. The van der Waals surface area contributed by atoms with Crippen molar-refractivity contribution < 1.29 is 14.3 Å². The molecule has 6 nitrogen and oxygen atoms in total. The van der Waals surface area contributed by atoms with Gasteiger partial charge in [0.1, 0.15) is 5.75 Å². The van der Waals surface area contributed by atoms with Gasteiger partial charge in [0.2, 0.25) is 5.91 Å². The zero-order chi connectivity index (χ0) is 26.6. The molecule has 2 amide bonds. The molecule has 0 aliphatic rings. The summed E-state index contributed by atoms with van der Waals surface area (Å²) in [6.07, 6.45) is 0. The van der Waals surface area contributed by atoms with Crippen LogP contribution in [0.1, 0.15) is 50.5 Å². The number of rotatable bonds is 8. The minimum atomic E-state index is -0.331. The first kappa shape index (κ1) is 26.7. The van der Waals surface area contributed by atoms with Crippen LogP contribution in [0.3, 0.4) is 0 Å². The quantitative estimate of drug-likeness (QED) is 0.231. The number of ether oxygens (including phenoxy) is 1. The highest BCUT2D eigenvalue weighted by Crippen LogP contribution is 2.34. The Hall–Kier alpha value is -3.36. The molecule has 0 spiro atoms. The van der Waals surface area contributed by atoms with Gasteiger partial charge < -0.3 is 15.4 Å². The van der Waals surface area contributed by atoms with Crippen LogP contribution in [0, 0.1) is 0 Å². The third-order valence-electron chi connectivity index (χ3n) is 5.72. The Morgan fingerprint density at radius 2 is 1.65 bits per heavy atom. The molecule has 0 radical (unpaired) electrons. The van der Waals surface area contributed by atoms with Crippen LogP contribution < -0.4 is 15.4 Å². The Morgan fingerprint density at radius 3 is 2.30 bits per heavy atom. The van der Waals surface area contributed by atoms with Crippen LogP contribution in [-0.2, 0) is 10.2 Å². The van der Waals surface area contributed by atoms with Gasteiger partial charge in [-0.05, 0) is 79.4 Å².